The van der Waals surface area contributed by atoms with Crippen LogP contribution in [0.3, 0.4) is 0 Å². The summed E-state index contributed by atoms with van der Waals surface area (Å²) in [6, 6.07) is 11.2. The van der Waals surface area contributed by atoms with E-state index in [1.807, 2.05) is 17.0 Å². The third-order valence-corrected chi connectivity index (χ3v) is 11.1. The van der Waals surface area contributed by atoms with Crippen LogP contribution in [0.15, 0.2) is 59.8 Å². The van der Waals surface area contributed by atoms with Crippen LogP contribution < -0.4 is 25.4 Å². The van der Waals surface area contributed by atoms with Crippen molar-refractivity contribution in [2.24, 2.45) is 13.0 Å². The monoisotopic (exact) mass is 721 g/mol. The Morgan fingerprint density at radius 1 is 0.981 bits per heavy atom. The Balaban J connectivity index is 0.846. The minimum Gasteiger partial charge on any atom is -0.496 e. The molecule has 6 heterocycles. The molecule has 3 aliphatic rings. The molecule has 3 amide bonds. The number of hydrogen-bond donors (Lipinski definition) is 2. The number of benzene rings is 2. The van der Waals surface area contributed by atoms with Crippen molar-refractivity contribution in [1.29, 1.82) is 0 Å². The number of aryl methyl sites for hydroxylation is 1. The lowest BCUT2D eigenvalue weighted by atomic mass is 9.92. The molecule has 2 aromatic carbocycles. The van der Waals surface area contributed by atoms with E-state index in [1.54, 1.807) is 30.4 Å². The SMILES string of the molecule is COc1cc(-c2cn(C)c(=O)c3cnccc23)cc(F)c1CN1CCN(C(=O)CC2CCN(c3ccc4c(N5CCCNC5=O)n[nH]c4c3)CC2)CC1. The maximum atomic E-state index is 15.8. The molecule has 14 heteroatoms. The van der Waals surface area contributed by atoms with E-state index in [0.717, 1.165) is 54.5 Å². The standard InChI is InChI=1S/C39H44FN9O4/c1-45-23-31(28-6-10-41-22-30(28)38(45)51)26-19-33(40)32(35(20-26)53-2)24-46-14-16-48(17-15-46)36(50)18-25-7-12-47(13-8-25)27-4-5-29-34(21-27)43-44-37(29)49-11-3-9-42-39(49)52/h4-6,10,19-23,25H,3,7-9,11-18,24H2,1-2H3,(H,42,52)(H,43,44). The van der Waals surface area contributed by atoms with Gasteiger partial charge in [-0.2, -0.15) is 5.10 Å². The number of nitrogens with zero attached hydrogens (tertiary/aromatic N) is 7. The van der Waals surface area contributed by atoms with Crippen molar-refractivity contribution in [3.05, 3.63) is 76.7 Å². The number of ether oxygens (including phenoxy) is 1. The number of aromatic amines is 1. The lowest BCUT2D eigenvalue weighted by Crippen LogP contribution is -2.49. The van der Waals surface area contributed by atoms with Gasteiger partial charge in [0.1, 0.15) is 11.6 Å². The lowest BCUT2D eigenvalue weighted by molar-refractivity contribution is -0.134. The summed E-state index contributed by atoms with van der Waals surface area (Å²) in [5.41, 5.74) is 3.66. The summed E-state index contributed by atoms with van der Waals surface area (Å²) in [7, 11) is 3.21. The molecule has 0 bridgehead atoms. The van der Waals surface area contributed by atoms with Gasteiger partial charge in [0, 0.05) is 113 Å². The van der Waals surface area contributed by atoms with Crippen molar-refractivity contribution in [3.63, 3.8) is 0 Å². The van der Waals surface area contributed by atoms with Crippen LogP contribution in [0, 0.1) is 11.7 Å². The Morgan fingerprint density at radius 2 is 1.79 bits per heavy atom. The fourth-order valence-electron chi connectivity index (χ4n) is 8.02. The van der Waals surface area contributed by atoms with E-state index in [4.69, 9.17) is 4.74 Å². The van der Waals surface area contributed by atoms with Crippen LogP contribution in [0.2, 0.25) is 0 Å². The molecule has 3 saturated heterocycles. The third-order valence-electron chi connectivity index (χ3n) is 11.1. The van der Waals surface area contributed by atoms with Gasteiger partial charge in [-0.1, -0.05) is 0 Å². The molecule has 0 unspecified atom stereocenters. The Hall–Kier alpha value is -5.50. The zero-order valence-corrected chi connectivity index (χ0v) is 30.1. The first-order valence-electron chi connectivity index (χ1n) is 18.4. The van der Waals surface area contributed by atoms with E-state index in [2.05, 4.69) is 42.4 Å². The average molecular weight is 722 g/mol. The number of piperazine rings is 1. The number of aromatic nitrogens is 4. The van der Waals surface area contributed by atoms with E-state index in [-0.39, 0.29) is 23.3 Å². The molecule has 8 rings (SSSR count). The van der Waals surface area contributed by atoms with Gasteiger partial charge in [0.05, 0.1) is 18.0 Å². The number of urea groups is 1. The van der Waals surface area contributed by atoms with Gasteiger partial charge in [0.2, 0.25) is 5.91 Å². The summed E-state index contributed by atoms with van der Waals surface area (Å²) in [4.78, 5) is 50.7. The second-order valence-electron chi connectivity index (χ2n) is 14.3. The van der Waals surface area contributed by atoms with Gasteiger partial charge in [-0.3, -0.25) is 29.5 Å². The van der Waals surface area contributed by atoms with Gasteiger partial charge in [0.25, 0.3) is 5.56 Å². The number of H-pyrrole nitrogens is 1. The molecule has 13 nitrogen and oxygen atoms in total. The van der Waals surface area contributed by atoms with Crippen LogP contribution >= 0.6 is 0 Å². The number of piperidine rings is 1. The van der Waals surface area contributed by atoms with Crippen molar-refractivity contribution in [2.75, 3.05) is 69.3 Å². The Morgan fingerprint density at radius 3 is 2.57 bits per heavy atom. The van der Waals surface area contributed by atoms with E-state index in [9.17, 15) is 14.4 Å². The minimum absolute atomic E-state index is 0.113. The van der Waals surface area contributed by atoms with Crippen molar-refractivity contribution < 1.29 is 18.7 Å². The number of hydrogen-bond acceptors (Lipinski definition) is 8. The number of amides is 3. The van der Waals surface area contributed by atoms with E-state index in [1.165, 1.54) is 23.9 Å². The number of carbonyl (C=O) groups is 2. The van der Waals surface area contributed by atoms with Gasteiger partial charge in [-0.15, -0.1) is 0 Å². The number of anilines is 2. The topological polar surface area (TPSA) is 132 Å². The van der Waals surface area contributed by atoms with Gasteiger partial charge < -0.3 is 24.4 Å². The van der Waals surface area contributed by atoms with E-state index in [0.29, 0.717) is 91.6 Å². The van der Waals surface area contributed by atoms with Gasteiger partial charge >= 0.3 is 6.03 Å². The number of carbonyl (C=O) groups excluding carboxylic acids is 2. The van der Waals surface area contributed by atoms with Crippen LogP contribution in [-0.4, -0.2) is 101 Å². The summed E-state index contributed by atoms with van der Waals surface area (Å²) in [6.45, 7) is 5.94. The zero-order valence-electron chi connectivity index (χ0n) is 30.1. The highest BCUT2D eigenvalue weighted by Gasteiger charge is 2.28. The molecule has 0 atom stereocenters. The molecule has 3 fully saturated rings. The molecule has 3 aromatic heterocycles. The molecule has 53 heavy (non-hydrogen) atoms. The summed E-state index contributed by atoms with van der Waals surface area (Å²) in [6.07, 6.45) is 8.18. The quantitative estimate of drug-likeness (QED) is 0.240. The van der Waals surface area contributed by atoms with Crippen LogP contribution in [-0.2, 0) is 18.4 Å². The van der Waals surface area contributed by atoms with Crippen molar-refractivity contribution in [3.8, 4) is 16.9 Å². The molecule has 5 aromatic rings. The molecular formula is C39H44FN9O4. The van der Waals surface area contributed by atoms with Crippen LogP contribution in [0.4, 0.5) is 20.7 Å². The summed E-state index contributed by atoms with van der Waals surface area (Å²) in [5, 5.41) is 12.6. The maximum Gasteiger partial charge on any atom is 0.323 e. The highest BCUT2D eigenvalue weighted by Crippen LogP contribution is 2.35. The Bertz CT molecular complexity index is 2240. The molecule has 0 spiro atoms. The van der Waals surface area contributed by atoms with Crippen LogP contribution in [0.25, 0.3) is 32.8 Å². The number of pyridine rings is 2. The second-order valence-corrected chi connectivity index (χ2v) is 14.3. The number of methoxy groups -OCH3 is 1. The average Bonchev–Trinajstić information content (AvgIpc) is 3.61. The summed E-state index contributed by atoms with van der Waals surface area (Å²) >= 11 is 0. The molecule has 276 valence electrons. The Kier molecular flexibility index (Phi) is 9.46. The molecular weight excluding hydrogens is 677 g/mol. The first-order valence-corrected chi connectivity index (χ1v) is 18.4. The number of fused-ring (bicyclic) bond motifs is 2. The second kappa shape index (κ2) is 14.5. The maximum absolute atomic E-state index is 15.8. The normalized spacial score (nSPS) is 17.5. The molecule has 0 saturated carbocycles. The molecule has 2 N–H and O–H groups in total. The van der Waals surface area contributed by atoms with Crippen molar-refractivity contribution >= 4 is 45.1 Å². The fraction of sp³-hybridized carbons (Fsp3) is 0.410. The fourth-order valence-corrected chi connectivity index (χ4v) is 8.02. The summed E-state index contributed by atoms with van der Waals surface area (Å²) < 4.78 is 23.0. The first kappa shape index (κ1) is 34.6. The number of rotatable bonds is 8. The highest BCUT2D eigenvalue weighted by atomic mass is 19.1. The minimum atomic E-state index is -0.374. The van der Waals surface area contributed by atoms with Gasteiger partial charge in [-0.25, -0.2) is 9.18 Å². The van der Waals surface area contributed by atoms with E-state index < -0.39 is 0 Å². The van der Waals surface area contributed by atoms with Crippen molar-refractivity contribution in [1.82, 2.24) is 34.9 Å². The summed E-state index contributed by atoms with van der Waals surface area (Å²) in [5.74, 6) is 1.25. The van der Waals surface area contributed by atoms with Crippen LogP contribution in [0.1, 0.15) is 31.2 Å². The Labute approximate surface area is 306 Å². The smallest absolute Gasteiger partial charge is 0.323 e. The molecule has 0 aliphatic carbocycles. The number of nitrogens with one attached hydrogen (secondary N) is 2. The molecule has 3 aliphatic heterocycles. The predicted octanol–water partition coefficient (Wildman–Crippen LogP) is 4.50. The molecule has 0 radical (unpaired) electrons. The lowest BCUT2D eigenvalue weighted by Gasteiger charge is -2.37. The largest absolute Gasteiger partial charge is 0.496 e. The van der Waals surface area contributed by atoms with Gasteiger partial charge in [-0.05, 0) is 72.5 Å². The predicted molar refractivity (Wildman–Crippen MR) is 202 cm³/mol. The number of halogens is 1. The van der Waals surface area contributed by atoms with Gasteiger partial charge in [0.15, 0.2) is 5.82 Å². The first-order chi connectivity index (χ1) is 25.8. The van der Waals surface area contributed by atoms with E-state index >= 15 is 4.39 Å². The zero-order chi connectivity index (χ0) is 36.6. The highest BCUT2D eigenvalue weighted by molar-refractivity contribution is 6.02. The van der Waals surface area contributed by atoms with Crippen molar-refractivity contribution in [2.45, 2.75) is 32.2 Å². The third kappa shape index (κ3) is 6.78. The van der Waals surface area contributed by atoms with Crippen LogP contribution in [0.5, 0.6) is 5.75 Å².